The normalized spacial score (nSPS) is 52.6. The number of carbonyl (C=O) groups excluding carboxylic acids is 1. The minimum absolute atomic E-state index is 0.00305. The number of Topliss-reactive ketones (excluding diaryl/α,β-unsaturated/α-hetero) is 1. The first-order valence-electron chi connectivity index (χ1n) is 23.5. The van der Waals surface area contributed by atoms with Gasteiger partial charge in [-0.3, -0.25) is 4.79 Å². The second kappa shape index (κ2) is 19.4. The van der Waals surface area contributed by atoms with Gasteiger partial charge < -0.3 is 94.4 Å². The molecule has 4 saturated carbocycles. The molecule has 0 spiro atoms. The fourth-order valence-corrected chi connectivity index (χ4v) is 13.4. The van der Waals surface area contributed by atoms with Crippen molar-refractivity contribution >= 4 is 5.78 Å². The predicted molar refractivity (Wildman–Crippen MR) is 219 cm³/mol. The molecule has 0 aromatic rings. The van der Waals surface area contributed by atoms with Crippen molar-refractivity contribution < 1.29 is 99.2 Å². The van der Waals surface area contributed by atoms with E-state index < -0.39 is 135 Å². The monoisotopic (exact) mass is 932 g/mol. The van der Waals surface area contributed by atoms with Crippen molar-refractivity contribution in [3.63, 3.8) is 0 Å². The average Bonchev–Trinajstić information content (AvgIpc) is 3.77. The van der Waals surface area contributed by atoms with E-state index in [9.17, 15) is 66.1 Å². The second-order valence-corrected chi connectivity index (χ2v) is 20.9. The summed E-state index contributed by atoms with van der Waals surface area (Å²) in [6.07, 6.45) is -19.7. The van der Waals surface area contributed by atoms with Crippen LogP contribution in [-0.2, 0) is 38.0 Å². The molecule has 0 aromatic carbocycles. The van der Waals surface area contributed by atoms with Gasteiger partial charge in [-0.05, 0) is 86.0 Å². The molecule has 65 heavy (non-hydrogen) atoms. The molecule has 0 amide bonds. The third-order valence-electron chi connectivity index (χ3n) is 17.3. The Bertz CT molecular complexity index is 1700. The van der Waals surface area contributed by atoms with Crippen LogP contribution in [0, 0.1) is 46.3 Å². The van der Waals surface area contributed by atoms with E-state index in [1.54, 1.807) is 0 Å². The number of rotatable bonds is 13. The van der Waals surface area contributed by atoms with Gasteiger partial charge in [0.05, 0.1) is 44.4 Å². The Balaban J connectivity index is 0.871. The first-order valence-corrected chi connectivity index (χ1v) is 23.5. The molecule has 8 rings (SSSR count). The number of carbonyl (C=O) groups is 1. The van der Waals surface area contributed by atoms with Gasteiger partial charge in [-0.25, -0.2) is 0 Å². The Morgan fingerprint density at radius 3 is 1.94 bits per heavy atom. The molecule has 4 heterocycles. The summed E-state index contributed by atoms with van der Waals surface area (Å²) in [5.74, 6) is 1.45. The van der Waals surface area contributed by atoms with Gasteiger partial charge in [-0.2, -0.15) is 0 Å². The quantitative estimate of drug-likeness (QED) is 0.0838. The van der Waals surface area contributed by atoms with Gasteiger partial charge in [-0.15, -0.1) is 0 Å². The van der Waals surface area contributed by atoms with Crippen molar-refractivity contribution in [1.29, 1.82) is 0 Å². The fraction of sp³-hybridized carbons (Fsp3) is 0.933. The lowest BCUT2D eigenvalue weighted by Gasteiger charge is -2.61. The minimum Gasteiger partial charge on any atom is -0.494 e. The van der Waals surface area contributed by atoms with Gasteiger partial charge in [0.2, 0.25) is 0 Å². The number of hydrogen-bond donors (Lipinski definition) is 12. The van der Waals surface area contributed by atoms with Gasteiger partial charge in [0.25, 0.3) is 0 Å². The molecule has 0 aromatic heterocycles. The minimum atomic E-state index is -1.80. The van der Waals surface area contributed by atoms with Crippen LogP contribution in [0.5, 0.6) is 0 Å². The molecule has 4 aliphatic carbocycles. The smallest absolute Gasteiger partial charge is 0.187 e. The predicted octanol–water partition coefficient (Wildman–Crippen LogP) is -2.68. The molecule has 12 N–H and O–H groups in total. The highest BCUT2D eigenvalue weighted by Gasteiger charge is 2.68. The Labute approximate surface area is 378 Å². The maximum absolute atomic E-state index is 14.6. The fourth-order valence-electron chi connectivity index (χ4n) is 13.4. The number of ketones is 1. The Morgan fingerprint density at radius 2 is 1.29 bits per heavy atom. The van der Waals surface area contributed by atoms with Crippen LogP contribution in [0.2, 0.25) is 0 Å². The van der Waals surface area contributed by atoms with Crippen molar-refractivity contribution in [3.05, 3.63) is 11.3 Å². The Hall–Kier alpha value is -1.51. The first kappa shape index (κ1) is 49.9. The van der Waals surface area contributed by atoms with Gasteiger partial charge in [0, 0.05) is 24.2 Å². The molecule has 0 radical (unpaired) electrons. The van der Waals surface area contributed by atoms with E-state index in [4.69, 9.17) is 33.2 Å². The van der Waals surface area contributed by atoms with Gasteiger partial charge in [-0.1, -0.05) is 20.8 Å². The van der Waals surface area contributed by atoms with Crippen LogP contribution in [0.15, 0.2) is 11.3 Å². The summed E-state index contributed by atoms with van der Waals surface area (Å²) in [4.78, 5) is 14.6. The third kappa shape index (κ3) is 8.66. The molecule has 372 valence electrons. The lowest BCUT2D eigenvalue weighted by atomic mass is 9.44. The van der Waals surface area contributed by atoms with E-state index in [-0.39, 0.29) is 54.0 Å². The van der Waals surface area contributed by atoms with Crippen molar-refractivity contribution in [2.75, 3.05) is 26.4 Å². The zero-order chi connectivity index (χ0) is 47.0. The van der Waals surface area contributed by atoms with Crippen LogP contribution in [0.1, 0.15) is 79.1 Å². The zero-order valence-electron chi connectivity index (χ0n) is 37.5. The number of allylic oxidation sites excluding steroid dienone is 1. The number of hydrogen-bond acceptors (Lipinski definition) is 20. The van der Waals surface area contributed by atoms with Crippen molar-refractivity contribution in [2.45, 2.75) is 189 Å². The van der Waals surface area contributed by atoms with E-state index in [0.717, 1.165) is 30.6 Å². The summed E-state index contributed by atoms with van der Waals surface area (Å²) in [5.41, 5.74) is 0.0837. The Morgan fingerprint density at radius 1 is 0.708 bits per heavy atom. The summed E-state index contributed by atoms with van der Waals surface area (Å²) in [6.45, 7) is 6.57. The second-order valence-electron chi connectivity index (χ2n) is 20.9. The number of aliphatic hydroxyl groups excluding tert-OH is 12. The number of fused-ring (bicyclic) bond motifs is 7. The molecule has 7 fully saturated rings. The zero-order valence-corrected chi connectivity index (χ0v) is 37.5. The van der Waals surface area contributed by atoms with Crippen molar-refractivity contribution in [2.24, 2.45) is 46.3 Å². The van der Waals surface area contributed by atoms with Crippen LogP contribution < -0.4 is 0 Å². The van der Waals surface area contributed by atoms with Gasteiger partial charge in [0.15, 0.2) is 18.9 Å². The molecule has 3 saturated heterocycles. The van der Waals surface area contributed by atoms with Crippen molar-refractivity contribution in [3.8, 4) is 0 Å². The van der Waals surface area contributed by atoms with E-state index in [1.165, 1.54) is 0 Å². The molecule has 0 unspecified atom stereocenters. The Kier molecular flexibility index (Phi) is 14.9. The molecule has 20 nitrogen and oxygen atoms in total. The first-order chi connectivity index (χ1) is 30.8. The highest BCUT2D eigenvalue weighted by molar-refractivity contribution is 5.87. The average molecular weight is 933 g/mol. The number of ether oxygens (including phenoxy) is 7. The topological polar surface area (TPSA) is 324 Å². The third-order valence-corrected chi connectivity index (χ3v) is 17.3. The van der Waals surface area contributed by atoms with Crippen LogP contribution >= 0.6 is 0 Å². The van der Waals surface area contributed by atoms with Gasteiger partial charge >= 0.3 is 0 Å². The van der Waals surface area contributed by atoms with Crippen LogP contribution in [-0.4, -0.2) is 204 Å². The molecule has 4 aliphatic heterocycles. The maximum atomic E-state index is 14.6. The summed E-state index contributed by atoms with van der Waals surface area (Å²) >= 11 is 0. The van der Waals surface area contributed by atoms with E-state index >= 15 is 0 Å². The lowest BCUT2D eigenvalue weighted by molar-refractivity contribution is -0.366. The van der Waals surface area contributed by atoms with Gasteiger partial charge in [0.1, 0.15) is 85.1 Å². The summed E-state index contributed by atoms with van der Waals surface area (Å²) in [5, 5.41) is 125. The van der Waals surface area contributed by atoms with Crippen LogP contribution in [0.4, 0.5) is 0 Å². The van der Waals surface area contributed by atoms with Crippen LogP contribution in [0.3, 0.4) is 0 Å². The molecule has 26 atom stereocenters. The highest BCUT2D eigenvalue weighted by atomic mass is 16.7. The van der Waals surface area contributed by atoms with Crippen LogP contribution in [0.25, 0.3) is 0 Å². The maximum Gasteiger partial charge on any atom is 0.187 e. The molecule has 0 bridgehead atoms. The summed E-state index contributed by atoms with van der Waals surface area (Å²) < 4.78 is 41.2. The SMILES string of the molecule is CC1=C(CC[C@@H](C)CO[C@@H]2O[C@H](CO)[C@@H](O)[C@H](O)[C@H]2O)O[C@H]2C[C@H]3[C@@H]4CC[C@H]5C[C@@H](O[C@@H]6O[C@H](CO)[C@H](O[C@@H]7O[C@H](CO)[C@@H](O)[C@@H](O)[C@H]7O)[C@@H](O)[C@H]6O)[C@H](O)C[C@]5(C)[C@H]4CC(=O)[C@]3(C)[C@@H]12. The van der Waals surface area contributed by atoms with Crippen molar-refractivity contribution in [1.82, 2.24) is 0 Å². The molecule has 8 aliphatic rings. The van der Waals surface area contributed by atoms with E-state index in [1.807, 2.05) is 6.92 Å². The molecule has 20 heteroatoms. The number of aliphatic hydroxyl groups is 12. The highest BCUT2D eigenvalue weighted by Crippen LogP contribution is 2.69. The summed E-state index contributed by atoms with van der Waals surface area (Å²) in [7, 11) is 0. The largest absolute Gasteiger partial charge is 0.494 e. The lowest BCUT2D eigenvalue weighted by Crippen LogP contribution is -2.65. The summed E-state index contributed by atoms with van der Waals surface area (Å²) in [6, 6.07) is 0. The van der Waals surface area contributed by atoms with E-state index in [2.05, 4.69) is 20.8 Å². The standard InChI is InChI=1S/C45H72O20/c1-17(16-59-41-37(56)34(53)32(51)27(13-46)62-41)5-8-24-18(2)31-26(60-24)10-22-20-7-6-19-9-25(23(49)12-44(19,3)21(20)11-30(50)45(22,31)4)61-42-39(58)36(55)40(29(15-48)64-42)65-43-38(57)35(54)33(52)28(14-47)63-43/h17,19-23,25-29,31-43,46-49,51-58H,5-16H2,1-4H3/t17-,19+,20-,21+,22+,23-,25-,26+,27-,28-,29-,31+,32-,33-,34+,35-,36+,37-,38-,39-,40+,41-,42-,43+,44+,45-/m1/s1. The van der Waals surface area contributed by atoms with E-state index in [0.29, 0.717) is 32.1 Å². The molecular weight excluding hydrogens is 860 g/mol. The molecular formula is C45H72O20.